The topological polar surface area (TPSA) is 99.4 Å². The number of nitro groups is 1. The molecule has 1 N–H and O–H groups in total. The van der Waals surface area contributed by atoms with Crippen LogP contribution >= 0.6 is 0 Å². The summed E-state index contributed by atoms with van der Waals surface area (Å²) in [6.45, 7) is 2.91. The summed E-state index contributed by atoms with van der Waals surface area (Å²) >= 11 is 0. The highest BCUT2D eigenvalue weighted by molar-refractivity contribution is 5.73. The van der Waals surface area contributed by atoms with Gasteiger partial charge in [-0.2, -0.15) is 0 Å². The Hall–Kier alpha value is -3.10. The second kappa shape index (κ2) is 9.02. The molecule has 0 fully saturated rings. The van der Waals surface area contributed by atoms with Gasteiger partial charge in [0, 0.05) is 18.7 Å². The molecule has 0 radical (unpaired) electrons. The summed E-state index contributed by atoms with van der Waals surface area (Å²) in [5, 5.41) is 13.9. The van der Waals surface area contributed by atoms with Crippen LogP contribution in [0, 0.1) is 10.1 Å². The molecule has 8 heteroatoms. The molecule has 2 aromatic carbocycles. The number of nitro benzene ring substituents is 1. The van der Waals surface area contributed by atoms with Crippen LogP contribution in [0.25, 0.3) is 11.0 Å². The quantitative estimate of drug-likeness (QED) is 0.351. The van der Waals surface area contributed by atoms with E-state index in [1.54, 1.807) is 6.20 Å². The summed E-state index contributed by atoms with van der Waals surface area (Å²) in [5.41, 5.74) is 2.42. The highest BCUT2D eigenvalue weighted by atomic mass is 16.7. The van der Waals surface area contributed by atoms with Crippen molar-refractivity contribution >= 4 is 16.7 Å². The first-order valence-electron chi connectivity index (χ1n) is 8.62. The molecule has 1 unspecified atom stereocenters. The van der Waals surface area contributed by atoms with Gasteiger partial charge in [0.1, 0.15) is 5.75 Å². The number of aromatic nitrogens is 2. The van der Waals surface area contributed by atoms with Gasteiger partial charge in [-0.15, -0.1) is 0 Å². The van der Waals surface area contributed by atoms with Crippen LogP contribution in [0.15, 0.2) is 54.7 Å². The van der Waals surface area contributed by atoms with Crippen LogP contribution in [0.1, 0.15) is 19.0 Å². The fourth-order valence-electron chi connectivity index (χ4n) is 2.40. The van der Waals surface area contributed by atoms with Crippen molar-refractivity contribution in [1.29, 1.82) is 0 Å². The third kappa shape index (κ3) is 5.19. The largest absolute Gasteiger partial charge is 0.451 e. The predicted molar refractivity (Wildman–Crippen MR) is 100 cm³/mol. The van der Waals surface area contributed by atoms with Gasteiger partial charge in [-0.25, -0.2) is 4.98 Å². The van der Waals surface area contributed by atoms with Gasteiger partial charge in [0.2, 0.25) is 0 Å². The van der Waals surface area contributed by atoms with Gasteiger partial charge in [0.25, 0.3) is 12.1 Å². The van der Waals surface area contributed by atoms with E-state index in [2.05, 4.69) is 15.3 Å². The first-order chi connectivity index (χ1) is 13.2. The fraction of sp³-hybridized carbons (Fsp3) is 0.263. The van der Waals surface area contributed by atoms with Crippen molar-refractivity contribution in [2.45, 2.75) is 26.3 Å². The van der Waals surface area contributed by atoms with E-state index in [4.69, 9.17) is 9.47 Å². The third-order valence-corrected chi connectivity index (χ3v) is 3.71. The monoisotopic (exact) mass is 368 g/mol. The molecule has 1 atom stereocenters. The lowest BCUT2D eigenvalue weighted by Gasteiger charge is -2.20. The molecule has 0 saturated heterocycles. The Morgan fingerprint density at radius 1 is 1.15 bits per heavy atom. The van der Waals surface area contributed by atoms with Crippen molar-refractivity contribution < 1.29 is 14.4 Å². The van der Waals surface area contributed by atoms with Crippen LogP contribution in [0.3, 0.4) is 0 Å². The number of nitrogens with zero attached hydrogens (tertiary/aromatic N) is 3. The molecular formula is C19H20N4O4. The van der Waals surface area contributed by atoms with Gasteiger partial charge in [-0.3, -0.25) is 20.4 Å². The molecule has 0 aliphatic heterocycles. The minimum Gasteiger partial charge on any atom is -0.451 e. The Morgan fingerprint density at radius 2 is 1.89 bits per heavy atom. The zero-order valence-electron chi connectivity index (χ0n) is 14.9. The number of ether oxygens (including phenoxy) is 2. The molecule has 1 heterocycles. The van der Waals surface area contributed by atoms with Crippen molar-refractivity contribution in [3.63, 3.8) is 0 Å². The summed E-state index contributed by atoms with van der Waals surface area (Å²) in [4.78, 5) is 19.2. The van der Waals surface area contributed by atoms with Crippen LogP contribution < -0.4 is 10.1 Å². The number of nitrogens with one attached hydrogen (secondary N) is 1. The lowest BCUT2D eigenvalue weighted by Crippen LogP contribution is -2.37. The van der Waals surface area contributed by atoms with Gasteiger partial charge in [-0.1, -0.05) is 19.1 Å². The smallest absolute Gasteiger partial charge is 0.269 e. The first-order valence-corrected chi connectivity index (χ1v) is 8.62. The van der Waals surface area contributed by atoms with Gasteiger partial charge >= 0.3 is 0 Å². The van der Waals surface area contributed by atoms with Crippen LogP contribution in [0.2, 0.25) is 0 Å². The van der Waals surface area contributed by atoms with Crippen molar-refractivity contribution in [1.82, 2.24) is 15.3 Å². The Kier molecular flexibility index (Phi) is 6.24. The molecule has 0 spiro atoms. The standard InChI is InChI=1S/C19H20N4O4/c1-2-11-26-19(27-16-9-7-15(8-10-16)23(24)25)21-13-14-12-20-17-5-3-4-6-18(17)22-14/h3-10,12,19,21H,2,11,13H2,1H3. The highest BCUT2D eigenvalue weighted by Gasteiger charge is 2.12. The Morgan fingerprint density at radius 3 is 2.59 bits per heavy atom. The summed E-state index contributed by atoms with van der Waals surface area (Å²) < 4.78 is 11.4. The van der Waals surface area contributed by atoms with E-state index in [9.17, 15) is 10.1 Å². The van der Waals surface area contributed by atoms with E-state index in [0.717, 1.165) is 23.1 Å². The zero-order valence-corrected chi connectivity index (χ0v) is 14.9. The molecule has 3 aromatic rings. The normalized spacial score (nSPS) is 12.0. The highest BCUT2D eigenvalue weighted by Crippen LogP contribution is 2.18. The summed E-state index contributed by atoms with van der Waals surface area (Å²) in [5.74, 6) is 0.471. The van der Waals surface area contributed by atoms with Crippen LogP contribution in [0.4, 0.5) is 5.69 Å². The van der Waals surface area contributed by atoms with Crippen LogP contribution in [-0.2, 0) is 11.3 Å². The van der Waals surface area contributed by atoms with E-state index < -0.39 is 11.3 Å². The van der Waals surface area contributed by atoms with Crippen molar-refractivity contribution in [2.75, 3.05) is 6.61 Å². The second-order valence-electron chi connectivity index (χ2n) is 5.80. The Bertz CT molecular complexity index is 902. The molecule has 0 aliphatic carbocycles. The van der Waals surface area contributed by atoms with E-state index in [0.29, 0.717) is 18.9 Å². The first kappa shape index (κ1) is 18.7. The van der Waals surface area contributed by atoms with Gasteiger partial charge in [0.15, 0.2) is 0 Å². The summed E-state index contributed by atoms with van der Waals surface area (Å²) in [6.07, 6.45) is 1.83. The molecule has 0 saturated carbocycles. The average Bonchev–Trinajstić information content (AvgIpc) is 2.70. The molecule has 27 heavy (non-hydrogen) atoms. The molecular weight excluding hydrogens is 348 g/mol. The number of rotatable bonds is 9. The molecule has 0 bridgehead atoms. The molecule has 0 amide bonds. The fourth-order valence-corrected chi connectivity index (χ4v) is 2.40. The van der Waals surface area contributed by atoms with E-state index in [1.807, 2.05) is 31.2 Å². The molecule has 3 rings (SSSR count). The Balaban J connectivity index is 1.65. The molecule has 140 valence electrons. The maximum atomic E-state index is 10.7. The molecule has 8 nitrogen and oxygen atoms in total. The van der Waals surface area contributed by atoms with Crippen molar-refractivity contribution in [2.24, 2.45) is 0 Å². The van der Waals surface area contributed by atoms with E-state index in [1.165, 1.54) is 24.3 Å². The second-order valence-corrected chi connectivity index (χ2v) is 5.80. The number of non-ortho nitro benzene ring substituents is 1. The van der Waals surface area contributed by atoms with Crippen LogP contribution in [0.5, 0.6) is 5.75 Å². The lowest BCUT2D eigenvalue weighted by atomic mass is 10.3. The van der Waals surface area contributed by atoms with E-state index in [-0.39, 0.29) is 5.69 Å². The molecule has 1 aromatic heterocycles. The number of hydrogen-bond acceptors (Lipinski definition) is 7. The number of benzene rings is 2. The maximum Gasteiger partial charge on any atom is 0.269 e. The van der Waals surface area contributed by atoms with Crippen molar-refractivity contribution in [3.8, 4) is 5.75 Å². The number of fused-ring (bicyclic) bond motifs is 1. The van der Waals surface area contributed by atoms with Gasteiger partial charge in [-0.05, 0) is 30.7 Å². The van der Waals surface area contributed by atoms with Gasteiger partial charge < -0.3 is 9.47 Å². The average molecular weight is 368 g/mol. The minimum absolute atomic E-state index is 0.00720. The third-order valence-electron chi connectivity index (χ3n) is 3.71. The maximum absolute atomic E-state index is 10.7. The number of hydrogen-bond donors (Lipinski definition) is 1. The summed E-state index contributed by atoms with van der Waals surface area (Å²) in [7, 11) is 0. The van der Waals surface area contributed by atoms with E-state index >= 15 is 0 Å². The zero-order chi connectivity index (χ0) is 19.1. The Labute approximate surface area is 156 Å². The van der Waals surface area contributed by atoms with Crippen molar-refractivity contribution in [3.05, 3.63) is 70.5 Å². The number of para-hydroxylation sites is 2. The van der Waals surface area contributed by atoms with Gasteiger partial charge in [0.05, 0.1) is 34.5 Å². The minimum atomic E-state index is -0.709. The summed E-state index contributed by atoms with van der Waals surface area (Å²) in [6, 6.07) is 13.5. The lowest BCUT2D eigenvalue weighted by molar-refractivity contribution is -0.384. The SMILES string of the molecule is CCCOC(NCc1cnc2ccccc2n1)Oc1ccc([N+](=O)[O-])cc1. The molecule has 0 aliphatic rings. The predicted octanol–water partition coefficient (Wildman–Crippen LogP) is 3.42. The van der Waals surface area contributed by atoms with Crippen LogP contribution in [-0.4, -0.2) is 27.9 Å².